The summed E-state index contributed by atoms with van der Waals surface area (Å²) < 4.78 is 36.8. The van der Waals surface area contributed by atoms with E-state index in [4.69, 9.17) is 5.73 Å². The summed E-state index contributed by atoms with van der Waals surface area (Å²) >= 11 is 0. The van der Waals surface area contributed by atoms with Crippen molar-refractivity contribution in [1.82, 2.24) is 0 Å². The molecule has 1 aliphatic rings. The molecule has 0 aromatic rings. The third-order valence-electron chi connectivity index (χ3n) is 3.81. The standard InChI is InChI=1S/C14H24FNO3S/c1-10(2)20(18,19)9-12(15)14(17)13(16)8-11-6-4-3-5-7-11/h9-11,13H,3-8,16H2,1-2H3/b12-9+/t13-/m0/s1. The first-order chi connectivity index (χ1) is 9.24. The zero-order valence-electron chi connectivity index (χ0n) is 12.1. The summed E-state index contributed by atoms with van der Waals surface area (Å²) in [6.07, 6.45) is 5.88. The molecule has 1 aliphatic carbocycles. The largest absolute Gasteiger partial charge is 0.321 e. The lowest BCUT2D eigenvalue weighted by Crippen LogP contribution is -2.34. The highest BCUT2D eigenvalue weighted by molar-refractivity contribution is 7.94. The van der Waals surface area contributed by atoms with Gasteiger partial charge in [-0.1, -0.05) is 32.1 Å². The summed E-state index contributed by atoms with van der Waals surface area (Å²) in [5.41, 5.74) is 5.72. The lowest BCUT2D eigenvalue weighted by atomic mass is 9.84. The summed E-state index contributed by atoms with van der Waals surface area (Å²) in [5, 5.41) is -0.337. The maximum absolute atomic E-state index is 13.7. The lowest BCUT2D eigenvalue weighted by molar-refractivity contribution is -0.118. The van der Waals surface area contributed by atoms with Gasteiger partial charge in [-0.05, 0) is 26.2 Å². The van der Waals surface area contributed by atoms with Gasteiger partial charge >= 0.3 is 0 Å². The maximum Gasteiger partial charge on any atom is 0.208 e. The SMILES string of the molecule is CC(C)S(=O)(=O)/C=C(/F)C(=O)[C@@H](N)CC1CCCCC1. The van der Waals surface area contributed by atoms with Crippen LogP contribution in [0.1, 0.15) is 52.4 Å². The zero-order valence-corrected chi connectivity index (χ0v) is 13.0. The minimum absolute atomic E-state index is 0.345. The predicted molar refractivity (Wildman–Crippen MR) is 77.4 cm³/mol. The van der Waals surface area contributed by atoms with E-state index in [-0.39, 0.29) is 0 Å². The fraction of sp³-hybridized carbons (Fsp3) is 0.786. The van der Waals surface area contributed by atoms with Crippen molar-refractivity contribution in [1.29, 1.82) is 0 Å². The Bertz CT molecular complexity index is 465. The van der Waals surface area contributed by atoms with E-state index in [2.05, 4.69) is 0 Å². The Morgan fingerprint density at radius 3 is 2.35 bits per heavy atom. The molecule has 0 aliphatic heterocycles. The van der Waals surface area contributed by atoms with E-state index >= 15 is 0 Å². The Labute approximate surface area is 120 Å². The molecule has 4 nitrogen and oxygen atoms in total. The fourth-order valence-electron chi connectivity index (χ4n) is 2.40. The van der Waals surface area contributed by atoms with E-state index in [1.165, 1.54) is 20.3 Å². The quantitative estimate of drug-likeness (QED) is 0.765. The molecule has 20 heavy (non-hydrogen) atoms. The molecule has 1 atom stereocenters. The molecule has 2 N–H and O–H groups in total. The summed E-state index contributed by atoms with van der Waals surface area (Å²) in [6.45, 7) is 2.87. The Kier molecular flexibility index (Phi) is 6.33. The Morgan fingerprint density at radius 1 is 1.30 bits per heavy atom. The molecule has 0 radical (unpaired) electrons. The van der Waals surface area contributed by atoms with Crippen molar-refractivity contribution >= 4 is 15.6 Å². The monoisotopic (exact) mass is 305 g/mol. The van der Waals surface area contributed by atoms with E-state index in [1.807, 2.05) is 0 Å². The van der Waals surface area contributed by atoms with E-state index in [0.29, 0.717) is 17.7 Å². The minimum Gasteiger partial charge on any atom is -0.321 e. The highest BCUT2D eigenvalue weighted by atomic mass is 32.2. The summed E-state index contributed by atoms with van der Waals surface area (Å²) in [6, 6.07) is -0.947. The second kappa shape index (κ2) is 7.31. The third-order valence-corrected chi connectivity index (χ3v) is 5.66. The van der Waals surface area contributed by atoms with Gasteiger partial charge in [0.1, 0.15) is 0 Å². The number of hydrogen-bond acceptors (Lipinski definition) is 4. The first-order valence-corrected chi connectivity index (χ1v) is 8.76. The van der Waals surface area contributed by atoms with E-state index in [9.17, 15) is 17.6 Å². The summed E-state index contributed by atoms with van der Waals surface area (Å²) in [4.78, 5) is 11.8. The molecule has 1 rings (SSSR count). The van der Waals surface area contributed by atoms with Gasteiger partial charge in [0.05, 0.1) is 16.7 Å². The lowest BCUT2D eigenvalue weighted by Gasteiger charge is -2.23. The van der Waals surface area contributed by atoms with Gasteiger partial charge in [0.25, 0.3) is 0 Å². The number of carbonyl (C=O) groups is 1. The molecule has 0 aromatic carbocycles. The van der Waals surface area contributed by atoms with Crippen molar-refractivity contribution in [2.75, 3.05) is 0 Å². The summed E-state index contributed by atoms with van der Waals surface area (Å²) in [7, 11) is -3.72. The van der Waals surface area contributed by atoms with Crippen LogP contribution in [0.15, 0.2) is 11.2 Å². The van der Waals surface area contributed by atoms with Crippen LogP contribution in [0.5, 0.6) is 0 Å². The minimum atomic E-state index is -3.72. The summed E-state index contributed by atoms with van der Waals surface area (Å²) in [5.74, 6) is -1.81. The first kappa shape index (κ1) is 17.3. The molecule has 0 heterocycles. The molecule has 0 saturated heterocycles. The van der Waals surface area contributed by atoms with Gasteiger partial charge < -0.3 is 5.73 Å². The Hall–Kier alpha value is -0.750. The fourth-order valence-corrected chi connectivity index (χ4v) is 3.08. The van der Waals surface area contributed by atoms with Gasteiger partial charge in [-0.15, -0.1) is 0 Å². The van der Waals surface area contributed by atoms with Crippen molar-refractivity contribution in [3.8, 4) is 0 Å². The average molecular weight is 305 g/mol. The van der Waals surface area contributed by atoms with E-state index in [0.717, 1.165) is 25.7 Å². The van der Waals surface area contributed by atoms with Crippen LogP contribution in [0, 0.1) is 5.92 Å². The second-order valence-electron chi connectivity index (χ2n) is 5.81. The molecule has 0 amide bonds. The number of halogens is 1. The second-order valence-corrected chi connectivity index (χ2v) is 8.17. The highest BCUT2D eigenvalue weighted by Gasteiger charge is 2.25. The number of carbonyl (C=O) groups excluding carboxylic acids is 1. The molecular weight excluding hydrogens is 281 g/mol. The molecule has 6 heteroatoms. The number of rotatable bonds is 6. The maximum atomic E-state index is 13.7. The van der Waals surface area contributed by atoms with Crippen molar-refractivity contribution in [2.24, 2.45) is 11.7 Å². The van der Waals surface area contributed by atoms with E-state index < -0.39 is 32.7 Å². The van der Waals surface area contributed by atoms with Gasteiger partial charge in [-0.2, -0.15) is 0 Å². The molecule has 1 saturated carbocycles. The molecular formula is C14H24FNO3S. The van der Waals surface area contributed by atoms with Crippen molar-refractivity contribution in [3.63, 3.8) is 0 Å². The zero-order chi connectivity index (χ0) is 15.3. The Morgan fingerprint density at radius 2 is 1.85 bits per heavy atom. The predicted octanol–water partition coefficient (Wildman–Crippen LogP) is 2.49. The van der Waals surface area contributed by atoms with E-state index in [1.54, 1.807) is 0 Å². The van der Waals surface area contributed by atoms with Gasteiger partial charge in [-0.25, -0.2) is 12.8 Å². The number of ketones is 1. The number of hydrogen-bond donors (Lipinski definition) is 1. The molecule has 0 unspecified atom stereocenters. The first-order valence-electron chi connectivity index (χ1n) is 7.15. The van der Waals surface area contributed by atoms with Gasteiger partial charge in [0.15, 0.2) is 15.7 Å². The van der Waals surface area contributed by atoms with Crippen LogP contribution in [0.4, 0.5) is 4.39 Å². The van der Waals surface area contributed by atoms with Crippen molar-refractivity contribution in [2.45, 2.75) is 63.7 Å². The van der Waals surface area contributed by atoms with Gasteiger partial charge in [0, 0.05) is 0 Å². The highest BCUT2D eigenvalue weighted by Crippen LogP contribution is 2.27. The molecule has 0 spiro atoms. The molecule has 1 fully saturated rings. The van der Waals surface area contributed by atoms with Crippen LogP contribution in [-0.4, -0.2) is 25.5 Å². The molecule has 0 bridgehead atoms. The number of nitrogens with two attached hydrogens (primary N) is 1. The van der Waals surface area contributed by atoms with Crippen LogP contribution in [0.3, 0.4) is 0 Å². The van der Waals surface area contributed by atoms with Crippen LogP contribution < -0.4 is 5.73 Å². The third kappa shape index (κ3) is 4.98. The van der Waals surface area contributed by atoms with Crippen molar-refractivity contribution < 1.29 is 17.6 Å². The van der Waals surface area contributed by atoms with Crippen LogP contribution in [0.25, 0.3) is 0 Å². The molecule has 0 aromatic heterocycles. The van der Waals surface area contributed by atoms with Crippen LogP contribution in [0.2, 0.25) is 0 Å². The normalized spacial score (nSPS) is 20.1. The molecule has 116 valence electrons. The topological polar surface area (TPSA) is 77.2 Å². The number of Topliss-reactive ketones (excluding diaryl/α,β-unsaturated/α-hetero) is 1. The van der Waals surface area contributed by atoms with Gasteiger partial charge in [0.2, 0.25) is 5.78 Å². The van der Waals surface area contributed by atoms with Crippen molar-refractivity contribution in [3.05, 3.63) is 11.2 Å². The smallest absolute Gasteiger partial charge is 0.208 e. The average Bonchev–Trinajstić information content (AvgIpc) is 2.38. The van der Waals surface area contributed by atoms with Crippen LogP contribution >= 0.6 is 0 Å². The Balaban J connectivity index is 2.66. The van der Waals surface area contributed by atoms with Crippen LogP contribution in [-0.2, 0) is 14.6 Å². The van der Waals surface area contributed by atoms with Gasteiger partial charge in [-0.3, -0.25) is 4.79 Å². The number of sulfone groups is 1.